The maximum Gasteiger partial charge on any atom is 0.262 e. The number of aromatic nitrogens is 1. The van der Waals surface area contributed by atoms with E-state index in [4.69, 9.17) is 4.74 Å². The van der Waals surface area contributed by atoms with Gasteiger partial charge in [0.2, 0.25) is 0 Å². The van der Waals surface area contributed by atoms with Crippen molar-refractivity contribution >= 4 is 15.7 Å². The summed E-state index contributed by atoms with van der Waals surface area (Å²) in [6, 6.07) is 3.47. The third-order valence-electron chi connectivity index (χ3n) is 3.56. The van der Waals surface area contributed by atoms with Gasteiger partial charge >= 0.3 is 0 Å². The van der Waals surface area contributed by atoms with E-state index in [9.17, 15) is 8.42 Å². The van der Waals surface area contributed by atoms with Crippen LogP contribution in [0.25, 0.3) is 0 Å². The number of nitrogens with zero attached hydrogens (tertiary/aromatic N) is 2. The van der Waals surface area contributed by atoms with Crippen LogP contribution in [-0.2, 0) is 14.8 Å². The van der Waals surface area contributed by atoms with Crippen LogP contribution in [0, 0.1) is 5.92 Å². The number of rotatable bonds is 6. The first-order chi connectivity index (χ1) is 10.1. The Bertz CT molecular complexity index is 556. The van der Waals surface area contributed by atoms with E-state index in [-0.39, 0.29) is 10.9 Å². The van der Waals surface area contributed by atoms with E-state index in [0.717, 1.165) is 19.4 Å². The van der Waals surface area contributed by atoms with Crippen molar-refractivity contribution in [2.75, 3.05) is 38.7 Å². The number of hydrogen-bond donors (Lipinski definition) is 1. The van der Waals surface area contributed by atoms with Gasteiger partial charge in [-0.05, 0) is 37.8 Å². The first-order valence-corrected chi connectivity index (χ1v) is 8.72. The summed E-state index contributed by atoms with van der Waals surface area (Å²) in [5.41, 5.74) is 0.548. The topological polar surface area (TPSA) is 71.5 Å². The molecule has 0 bridgehead atoms. The number of pyridine rings is 1. The molecule has 1 saturated heterocycles. The van der Waals surface area contributed by atoms with E-state index in [1.54, 1.807) is 19.2 Å². The van der Waals surface area contributed by atoms with E-state index in [2.05, 4.69) is 10.3 Å². The molecule has 1 N–H and O–H groups in total. The van der Waals surface area contributed by atoms with Crippen molar-refractivity contribution in [1.82, 2.24) is 9.29 Å². The fraction of sp³-hybridized carbons (Fsp3) is 0.643. The molecule has 1 unspecified atom stereocenters. The number of nitrogens with one attached hydrogen (secondary N) is 1. The van der Waals surface area contributed by atoms with Crippen LogP contribution in [0.4, 0.5) is 5.69 Å². The van der Waals surface area contributed by atoms with Crippen molar-refractivity contribution in [3.63, 3.8) is 0 Å². The monoisotopic (exact) mass is 313 g/mol. The average molecular weight is 313 g/mol. The molecule has 0 spiro atoms. The van der Waals surface area contributed by atoms with Gasteiger partial charge < -0.3 is 10.1 Å². The van der Waals surface area contributed by atoms with Crippen LogP contribution in [0.3, 0.4) is 0 Å². The molecule has 1 fully saturated rings. The highest BCUT2D eigenvalue weighted by molar-refractivity contribution is 7.89. The molecule has 0 aliphatic carbocycles. The molecule has 7 heteroatoms. The van der Waals surface area contributed by atoms with Gasteiger partial charge in [-0.25, -0.2) is 13.4 Å². The number of anilines is 1. The summed E-state index contributed by atoms with van der Waals surface area (Å²) < 4.78 is 32.2. The lowest BCUT2D eigenvalue weighted by atomic mass is 10.0. The average Bonchev–Trinajstić information content (AvgIpc) is 2.49. The molecule has 1 atom stereocenters. The lowest BCUT2D eigenvalue weighted by Gasteiger charge is -2.26. The van der Waals surface area contributed by atoms with Crippen LogP contribution in [0.1, 0.15) is 19.8 Å². The van der Waals surface area contributed by atoms with E-state index in [1.165, 1.54) is 10.5 Å². The Morgan fingerprint density at radius 2 is 2.33 bits per heavy atom. The minimum atomic E-state index is -3.59. The predicted octanol–water partition coefficient (Wildman–Crippen LogP) is 1.56. The van der Waals surface area contributed by atoms with E-state index < -0.39 is 10.0 Å². The number of hydrogen-bond acceptors (Lipinski definition) is 5. The summed E-state index contributed by atoms with van der Waals surface area (Å²) in [6.07, 6.45) is 3.50. The molecular formula is C14H23N3O3S. The highest BCUT2D eigenvalue weighted by Crippen LogP contribution is 2.23. The van der Waals surface area contributed by atoms with Crippen molar-refractivity contribution < 1.29 is 13.2 Å². The van der Waals surface area contributed by atoms with Crippen LogP contribution in [-0.4, -0.2) is 51.1 Å². The normalized spacial score (nSPS) is 19.7. The fourth-order valence-electron chi connectivity index (χ4n) is 2.48. The molecule has 118 valence electrons. The Kier molecular flexibility index (Phi) is 5.55. The van der Waals surface area contributed by atoms with Gasteiger partial charge in [-0.3, -0.25) is 0 Å². The van der Waals surface area contributed by atoms with E-state index >= 15 is 0 Å². The minimum absolute atomic E-state index is 0.0890. The molecule has 2 rings (SSSR count). The van der Waals surface area contributed by atoms with Gasteiger partial charge in [-0.15, -0.1) is 0 Å². The van der Waals surface area contributed by atoms with Crippen molar-refractivity contribution in [2.24, 2.45) is 5.92 Å². The molecule has 1 aliphatic heterocycles. The van der Waals surface area contributed by atoms with Crippen molar-refractivity contribution in [3.8, 4) is 0 Å². The van der Waals surface area contributed by atoms with Crippen LogP contribution >= 0.6 is 0 Å². The van der Waals surface area contributed by atoms with Crippen molar-refractivity contribution in [3.05, 3.63) is 18.3 Å². The highest BCUT2D eigenvalue weighted by atomic mass is 32.2. The zero-order valence-corrected chi connectivity index (χ0v) is 13.4. The fourth-order valence-corrected chi connectivity index (χ4v) is 3.80. The molecule has 0 saturated carbocycles. The first-order valence-electron chi connectivity index (χ1n) is 7.28. The van der Waals surface area contributed by atoms with Crippen molar-refractivity contribution in [2.45, 2.75) is 24.8 Å². The summed E-state index contributed by atoms with van der Waals surface area (Å²) in [5, 5.41) is 3.14. The maximum absolute atomic E-state index is 12.7. The maximum atomic E-state index is 12.7. The predicted molar refractivity (Wildman–Crippen MR) is 81.8 cm³/mol. The van der Waals surface area contributed by atoms with Gasteiger partial charge in [0.15, 0.2) is 5.03 Å². The van der Waals surface area contributed by atoms with Gasteiger partial charge in [-0.1, -0.05) is 0 Å². The summed E-state index contributed by atoms with van der Waals surface area (Å²) in [5.74, 6) is 0.254. The Hall–Kier alpha value is -1.18. The second-order valence-electron chi connectivity index (χ2n) is 5.26. The third kappa shape index (κ3) is 3.93. The van der Waals surface area contributed by atoms with Crippen LogP contribution in [0.5, 0.6) is 0 Å². The lowest BCUT2D eigenvalue weighted by Crippen LogP contribution is -2.35. The Balaban J connectivity index is 2.16. The Morgan fingerprint density at radius 1 is 1.52 bits per heavy atom. The largest absolute Gasteiger partial charge is 0.383 e. The molecule has 0 amide bonds. The Labute approximate surface area is 126 Å². The van der Waals surface area contributed by atoms with Gasteiger partial charge in [-0.2, -0.15) is 4.31 Å². The molecule has 1 aromatic rings. The molecule has 1 aliphatic rings. The van der Waals surface area contributed by atoms with Gasteiger partial charge in [0.1, 0.15) is 0 Å². The molecule has 21 heavy (non-hydrogen) atoms. The second-order valence-corrected chi connectivity index (χ2v) is 7.22. The quantitative estimate of drug-likeness (QED) is 0.863. The van der Waals surface area contributed by atoms with Crippen LogP contribution in [0.2, 0.25) is 0 Å². The van der Waals surface area contributed by atoms with Crippen LogP contribution < -0.4 is 5.32 Å². The summed E-state index contributed by atoms with van der Waals surface area (Å²) in [4.78, 5) is 4.06. The number of sulfonamides is 1. The summed E-state index contributed by atoms with van der Waals surface area (Å²) in [6.45, 7) is 4.44. The molecule has 0 aromatic carbocycles. The summed E-state index contributed by atoms with van der Waals surface area (Å²) >= 11 is 0. The molecule has 6 nitrogen and oxygen atoms in total. The van der Waals surface area contributed by atoms with E-state index in [1.807, 2.05) is 6.92 Å². The molecule has 1 aromatic heterocycles. The van der Waals surface area contributed by atoms with Gasteiger partial charge in [0.05, 0.1) is 12.3 Å². The lowest BCUT2D eigenvalue weighted by molar-refractivity contribution is 0.0495. The molecule has 0 radical (unpaired) electrons. The second kappa shape index (κ2) is 7.20. The third-order valence-corrected chi connectivity index (χ3v) is 5.35. The smallest absolute Gasteiger partial charge is 0.262 e. The minimum Gasteiger partial charge on any atom is -0.383 e. The zero-order valence-electron chi connectivity index (χ0n) is 12.6. The number of ether oxygens (including phenoxy) is 1. The first kappa shape index (κ1) is 16.2. The highest BCUT2D eigenvalue weighted by Gasteiger charge is 2.28. The molecular weight excluding hydrogens is 290 g/mol. The van der Waals surface area contributed by atoms with Gasteiger partial charge in [0, 0.05) is 32.9 Å². The van der Waals surface area contributed by atoms with E-state index in [0.29, 0.717) is 25.4 Å². The summed E-state index contributed by atoms with van der Waals surface area (Å²) in [7, 11) is -1.98. The molecule has 2 heterocycles. The standard InChI is InChI=1S/C14H23N3O3S/c1-3-15-13-7-4-8-16-14(13)21(18,19)17(2)10-12-6-5-9-20-11-12/h4,7-8,12,15H,3,5-6,9-11H2,1-2H3. The SMILES string of the molecule is CCNc1cccnc1S(=O)(=O)N(C)CC1CCCOC1. The Morgan fingerprint density at radius 3 is 3.00 bits per heavy atom. The van der Waals surface area contributed by atoms with Crippen LogP contribution in [0.15, 0.2) is 23.4 Å². The van der Waals surface area contributed by atoms with Gasteiger partial charge in [0.25, 0.3) is 10.0 Å². The zero-order chi connectivity index (χ0) is 15.3. The van der Waals surface area contributed by atoms with Crippen molar-refractivity contribution in [1.29, 1.82) is 0 Å².